The highest BCUT2D eigenvalue weighted by Gasteiger charge is 2.42. The van der Waals surface area contributed by atoms with Gasteiger partial charge in [0.1, 0.15) is 0 Å². The summed E-state index contributed by atoms with van der Waals surface area (Å²) in [4.78, 5) is 2.41. The molecule has 0 aromatic rings. The summed E-state index contributed by atoms with van der Waals surface area (Å²) in [7, 11) is 4.46. The fourth-order valence-electron chi connectivity index (χ4n) is 3.42. The van der Waals surface area contributed by atoms with Crippen LogP contribution in [0.3, 0.4) is 0 Å². The minimum Gasteiger partial charge on any atom is -0.311 e. The Hall–Kier alpha value is -0.0800. The van der Waals surface area contributed by atoms with Gasteiger partial charge in [-0.3, -0.25) is 0 Å². The van der Waals surface area contributed by atoms with Gasteiger partial charge in [0, 0.05) is 18.1 Å². The molecule has 3 saturated carbocycles. The molecule has 0 saturated heterocycles. The van der Waals surface area contributed by atoms with Gasteiger partial charge in [-0.15, -0.1) is 0 Å². The Labute approximate surface area is 99.8 Å². The Balaban J connectivity index is 1.50. The number of nitrogens with zero attached hydrogens (tertiary/aromatic N) is 1. The largest absolute Gasteiger partial charge is 0.311 e. The van der Waals surface area contributed by atoms with Crippen LogP contribution in [0.25, 0.3) is 0 Å². The monoisotopic (exact) mass is 222 g/mol. The first kappa shape index (κ1) is 11.0. The molecule has 0 bridgehead atoms. The zero-order valence-electron chi connectivity index (χ0n) is 10.8. The van der Waals surface area contributed by atoms with Gasteiger partial charge in [0.15, 0.2) is 0 Å². The molecule has 3 aliphatic carbocycles. The van der Waals surface area contributed by atoms with Gasteiger partial charge in [0.05, 0.1) is 0 Å². The van der Waals surface area contributed by atoms with E-state index in [9.17, 15) is 0 Å². The average molecular weight is 222 g/mol. The summed E-state index contributed by atoms with van der Waals surface area (Å²) in [5, 5.41) is 4.00. The zero-order valence-corrected chi connectivity index (χ0v) is 10.8. The highest BCUT2D eigenvalue weighted by molar-refractivity contribution is 4.99. The molecule has 2 atom stereocenters. The molecule has 2 unspecified atom stereocenters. The molecule has 1 N–H and O–H groups in total. The Kier molecular flexibility index (Phi) is 2.97. The van der Waals surface area contributed by atoms with E-state index in [-0.39, 0.29) is 0 Å². The second-order valence-electron chi connectivity index (χ2n) is 6.49. The SMILES string of the molecule is CN(C)C1CCC(NC(C2CC2)C2CC2)C1. The van der Waals surface area contributed by atoms with Crippen molar-refractivity contribution in [2.75, 3.05) is 14.1 Å². The Bertz CT molecular complexity index is 231. The van der Waals surface area contributed by atoms with Crippen LogP contribution in [0, 0.1) is 11.8 Å². The molecule has 0 spiro atoms. The quantitative estimate of drug-likeness (QED) is 0.767. The molecule has 92 valence electrons. The number of nitrogens with one attached hydrogen (secondary N) is 1. The fourth-order valence-corrected chi connectivity index (χ4v) is 3.42. The van der Waals surface area contributed by atoms with Crippen molar-refractivity contribution in [2.24, 2.45) is 11.8 Å². The van der Waals surface area contributed by atoms with Gasteiger partial charge in [-0.1, -0.05) is 0 Å². The first-order valence-corrected chi connectivity index (χ1v) is 7.16. The molecule has 3 aliphatic rings. The molecule has 3 fully saturated rings. The molecule has 0 aromatic carbocycles. The van der Waals surface area contributed by atoms with Crippen molar-refractivity contribution in [3.05, 3.63) is 0 Å². The lowest BCUT2D eigenvalue weighted by molar-refractivity contribution is 0.285. The molecule has 0 amide bonds. The number of hydrogen-bond donors (Lipinski definition) is 1. The van der Waals surface area contributed by atoms with E-state index in [1.807, 2.05) is 0 Å². The van der Waals surface area contributed by atoms with Gasteiger partial charge in [-0.05, 0) is 70.9 Å². The van der Waals surface area contributed by atoms with Crippen molar-refractivity contribution in [3.8, 4) is 0 Å². The van der Waals surface area contributed by atoms with Crippen LogP contribution < -0.4 is 5.32 Å². The van der Waals surface area contributed by atoms with Crippen molar-refractivity contribution in [2.45, 2.75) is 63.1 Å². The third-order valence-corrected chi connectivity index (χ3v) is 4.82. The highest BCUT2D eigenvalue weighted by Crippen LogP contribution is 2.45. The van der Waals surface area contributed by atoms with Gasteiger partial charge in [0.25, 0.3) is 0 Å². The summed E-state index contributed by atoms with van der Waals surface area (Å²) in [6.07, 6.45) is 10.2. The van der Waals surface area contributed by atoms with E-state index in [0.717, 1.165) is 30.0 Å². The predicted molar refractivity (Wildman–Crippen MR) is 67.5 cm³/mol. The lowest BCUT2D eigenvalue weighted by Gasteiger charge is -2.24. The molecule has 0 radical (unpaired) electrons. The van der Waals surface area contributed by atoms with Crippen molar-refractivity contribution in [1.29, 1.82) is 0 Å². The zero-order chi connectivity index (χ0) is 11.1. The molecule has 2 nitrogen and oxygen atoms in total. The van der Waals surface area contributed by atoms with Crippen LogP contribution in [0.4, 0.5) is 0 Å². The Morgan fingerprint density at radius 3 is 2.00 bits per heavy atom. The molecular weight excluding hydrogens is 196 g/mol. The lowest BCUT2D eigenvalue weighted by Crippen LogP contribution is -2.40. The Morgan fingerprint density at radius 2 is 1.56 bits per heavy atom. The third kappa shape index (κ3) is 2.43. The van der Waals surface area contributed by atoms with Gasteiger partial charge >= 0.3 is 0 Å². The smallest absolute Gasteiger partial charge is 0.0126 e. The number of hydrogen-bond acceptors (Lipinski definition) is 2. The lowest BCUT2D eigenvalue weighted by atomic mass is 10.1. The highest BCUT2D eigenvalue weighted by atomic mass is 15.1. The minimum absolute atomic E-state index is 0.818. The van der Waals surface area contributed by atoms with E-state index >= 15 is 0 Å². The summed E-state index contributed by atoms with van der Waals surface area (Å²) < 4.78 is 0. The fraction of sp³-hybridized carbons (Fsp3) is 1.00. The molecule has 0 aliphatic heterocycles. The second kappa shape index (κ2) is 4.30. The summed E-state index contributed by atoms with van der Waals surface area (Å²) in [5.74, 6) is 2.09. The first-order chi connectivity index (χ1) is 7.74. The molecule has 0 aromatic heterocycles. The molecule has 3 rings (SSSR count). The Morgan fingerprint density at radius 1 is 0.938 bits per heavy atom. The maximum atomic E-state index is 4.00. The standard InChI is InChI=1S/C14H26N2/c1-16(2)13-8-7-12(9-13)15-14(10-3-4-10)11-5-6-11/h10-15H,3-9H2,1-2H3. The maximum absolute atomic E-state index is 4.00. The van der Waals surface area contributed by atoms with E-state index in [0.29, 0.717) is 0 Å². The van der Waals surface area contributed by atoms with E-state index < -0.39 is 0 Å². The van der Waals surface area contributed by atoms with Crippen LogP contribution in [-0.2, 0) is 0 Å². The first-order valence-electron chi connectivity index (χ1n) is 7.16. The minimum atomic E-state index is 0.818. The van der Waals surface area contributed by atoms with Crippen molar-refractivity contribution < 1.29 is 0 Å². The number of rotatable bonds is 5. The maximum Gasteiger partial charge on any atom is 0.0126 e. The van der Waals surface area contributed by atoms with Gasteiger partial charge in [-0.25, -0.2) is 0 Å². The van der Waals surface area contributed by atoms with E-state index in [2.05, 4.69) is 24.3 Å². The van der Waals surface area contributed by atoms with E-state index in [1.165, 1.54) is 44.9 Å². The normalized spacial score (nSPS) is 35.2. The topological polar surface area (TPSA) is 15.3 Å². The summed E-state index contributed by atoms with van der Waals surface area (Å²) in [5.41, 5.74) is 0. The van der Waals surface area contributed by atoms with Crippen LogP contribution in [0.2, 0.25) is 0 Å². The van der Waals surface area contributed by atoms with Crippen LogP contribution >= 0.6 is 0 Å². The average Bonchev–Trinajstić information content (AvgIpc) is 3.15. The van der Waals surface area contributed by atoms with Gasteiger partial charge in [-0.2, -0.15) is 0 Å². The van der Waals surface area contributed by atoms with E-state index in [1.54, 1.807) is 0 Å². The predicted octanol–water partition coefficient (Wildman–Crippen LogP) is 2.25. The van der Waals surface area contributed by atoms with Crippen molar-refractivity contribution in [1.82, 2.24) is 10.2 Å². The summed E-state index contributed by atoms with van der Waals surface area (Å²) in [6.45, 7) is 0. The van der Waals surface area contributed by atoms with Crippen molar-refractivity contribution in [3.63, 3.8) is 0 Å². The second-order valence-corrected chi connectivity index (χ2v) is 6.49. The van der Waals surface area contributed by atoms with Crippen LogP contribution in [0.15, 0.2) is 0 Å². The summed E-state index contributed by atoms with van der Waals surface area (Å²) >= 11 is 0. The van der Waals surface area contributed by atoms with Crippen LogP contribution in [-0.4, -0.2) is 37.1 Å². The van der Waals surface area contributed by atoms with Crippen molar-refractivity contribution >= 4 is 0 Å². The van der Waals surface area contributed by atoms with Crippen LogP contribution in [0.5, 0.6) is 0 Å². The summed E-state index contributed by atoms with van der Waals surface area (Å²) in [6, 6.07) is 2.54. The molecule has 16 heavy (non-hydrogen) atoms. The van der Waals surface area contributed by atoms with Gasteiger partial charge in [0.2, 0.25) is 0 Å². The molecule has 0 heterocycles. The van der Waals surface area contributed by atoms with Crippen LogP contribution in [0.1, 0.15) is 44.9 Å². The van der Waals surface area contributed by atoms with Gasteiger partial charge < -0.3 is 10.2 Å². The molecular formula is C14H26N2. The third-order valence-electron chi connectivity index (χ3n) is 4.82. The molecule has 2 heteroatoms. The van der Waals surface area contributed by atoms with E-state index in [4.69, 9.17) is 0 Å².